The third-order valence-corrected chi connectivity index (χ3v) is 3.06. The zero-order valence-electron chi connectivity index (χ0n) is 9.63. The minimum Gasteiger partial charge on any atom is -0.370 e. The van der Waals surface area contributed by atoms with Gasteiger partial charge in [-0.25, -0.2) is 0 Å². The van der Waals surface area contributed by atoms with Gasteiger partial charge < -0.3 is 16.8 Å². The number of hydrogen-bond acceptors (Lipinski definition) is 3. The van der Waals surface area contributed by atoms with Crippen molar-refractivity contribution in [3.63, 3.8) is 0 Å². The number of nitrogens with one attached hydrogen (secondary N) is 1. The summed E-state index contributed by atoms with van der Waals surface area (Å²) in [5.41, 5.74) is 10.8. The van der Waals surface area contributed by atoms with E-state index in [0.29, 0.717) is 13.0 Å². The largest absolute Gasteiger partial charge is 0.370 e. The van der Waals surface area contributed by atoms with Crippen LogP contribution in [0.2, 0.25) is 0 Å². The van der Waals surface area contributed by atoms with E-state index in [1.165, 1.54) is 6.42 Å². The Balaban J connectivity index is 2.24. The average Bonchev–Trinajstić information content (AvgIpc) is 2.17. The molecule has 16 heavy (non-hydrogen) atoms. The van der Waals surface area contributed by atoms with E-state index < -0.39 is 5.91 Å². The molecule has 0 atom stereocenters. The predicted molar refractivity (Wildman–Crippen MR) is 61.4 cm³/mol. The van der Waals surface area contributed by atoms with Gasteiger partial charge in [-0.3, -0.25) is 9.59 Å². The second kappa shape index (κ2) is 5.84. The van der Waals surface area contributed by atoms with Crippen molar-refractivity contribution in [3.05, 3.63) is 0 Å². The van der Waals surface area contributed by atoms with Crippen molar-refractivity contribution < 1.29 is 9.59 Å². The summed E-state index contributed by atoms with van der Waals surface area (Å²) >= 11 is 0. The number of carbonyl (C=O) groups is 2. The van der Waals surface area contributed by atoms with Crippen molar-refractivity contribution >= 4 is 11.8 Å². The van der Waals surface area contributed by atoms with E-state index in [1.807, 2.05) is 0 Å². The molecule has 92 valence electrons. The first-order valence-corrected chi connectivity index (χ1v) is 5.86. The summed E-state index contributed by atoms with van der Waals surface area (Å²) in [6.07, 6.45) is 5.78. The first-order valence-electron chi connectivity index (χ1n) is 5.86. The molecular formula is C11H21N3O2. The van der Waals surface area contributed by atoms with Gasteiger partial charge in [0.1, 0.15) is 0 Å². The molecule has 0 aromatic carbocycles. The van der Waals surface area contributed by atoms with Gasteiger partial charge in [0.2, 0.25) is 11.8 Å². The van der Waals surface area contributed by atoms with Crippen LogP contribution in [0.15, 0.2) is 0 Å². The molecule has 1 fully saturated rings. The molecule has 2 amide bonds. The van der Waals surface area contributed by atoms with Crippen LogP contribution < -0.4 is 16.8 Å². The fourth-order valence-corrected chi connectivity index (χ4v) is 2.14. The van der Waals surface area contributed by atoms with Gasteiger partial charge in [0.15, 0.2) is 0 Å². The Kier molecular flexibility index (Phi) is 4.73. The summed E-state index contributed by atoms with van der Waals surface area (Å²) in [5.74, 6) is -0.480. The minimum absolute atomic E-state index is 0.0781. The standard InChI is InChI=1S/C11H21N3O2/c12-9(15)4-7-14-10(16)8-11(13)5-2-1-3-6-11/h1-8,13H2,(H2,12,15)(H,14,16). The third-order valence-electron chi connectivity index (χ3n) is 3.06. The second-order valence-corrected chi connectivity index (χ2v) is 4.67. The van der Waals surface area contributed by atoms with E-state index in [1.54, 1.807) is 0 Å². The molecule has 0 aromatic rings. The van der Waals surface area contributed by atoms with Crippen molar-refractivity contribution in [1.29, 1.82) is 0 Å². The van der Waals surface area contributed by atoms with Gasteiger partial charge in [-0.2, -0.15) is 0 Å². The molecule has 1 saturated carbocycles. The lowest BCUT2D eigenvalue weighted by Crippen LogP contribution is -2.46. The summed E-state index contributed by atoms with van der Waals surface area (Å²) < 4.78 is 0. The van der Waals surface area contributed by atoms with Crippen molar-refractivity contribution in [2.24, 2.45) is 11.5 Å². The molecule has 0 saturated heterocycles. The molecule has 0 spiro atoms. The number of nitrogens with two attached hydrogens (primary N) is 2. The van der Waals surface area contributed by atoms with Gasteiger partial charge in [-0.05, 0) is 12.8 Å². The normalized spacial score (nSPS) is 19.1. The van der Waals surface area contributed by atoms with E-state index in [9.17, 15) is 9.59 Å². The zero-order chi connectivity index (χ0) is 12.0. The first-order chi connectivity index (χ1) is 7.52. The SMILES string of the molecule is NC(=O)CCNC(=O)CC1(N)CCCCC1. The molecule has 0 radical (unpaired) electrons. The van der Waals surface area contributed by atoms with Crippen LogP contribution in [0.5, 0.6) is 0 Å². The highest BCUT2D eigenvalue weighted by Gasteiger charge is 2.29. The Morgan fingerprint density at radius 2 is 1.81 bits per heavy atom. The lowest BCUT2D eigenvalue weighted by atomic mass is 9.80. The maximum absolute atomic E-state index is 11.6. The fourth-order valence-electron chi connectivity index (χ4n) is 2.14. The lowest BCUT2D eigenvalue weighted by molar-refractivity contribution is -0.122. The maximum Gasteiger partial charge on any atom is 0.221 e. The highest BCUT2D eigenvalue weighted by Crippen LogP contribution is 2.28. The van der Waals surface area contributed by atoms with Gasteiger partial charge >= 0.3 is 0 Å². The molecule has 1 aliphatic rings. The molecule has 0 aliphatic heterocycles. The predicted octanol–water partition coefficient (Wildman–Crippen LogP) is 0.0297. The number of hydrogen-bond donors (Lipinski definition) is 3. The van der Waals surface area contributed by atoms with Crippen LogP contribution in [0, 0.1) is 0 Å². The van der Waals surface area contributed by atoms with E-state index in [2.05, 4.69) is 5.32 Å². The quantitative estimate of drug-likeness (QED) is 0.618. The Hall–Kier alpha value is -1.10. The third kappa shape index (κ3) is 4.61. The van der Waals surface area contributed by atoms with Crippen molar-refractivity contribution in [1.82, 2.24) is 5.32 Å². The number of amides is 2. The van der Waals surface area contributed by atoms with E-state index in [-0.39, 0.29) is 17.9 Å². The monoisotopic (exact) mass is 227 g/mol. The molecule has 0 aromatic heterocycles. The Bertz CT molecular complexity index is 260. The molecule has 5 N–H and O–H groups in total. The van der Waals surface area contributed by atoms with E-state index in [0.717, 1.165) is 25.7 Å². The van der Waals surface area contributed by atoms with Gasteiger partial charge in [0.25, 0.3) is 0 Å². The van der Waals surface area contributed by atoms with Gasteiger partial charge in [0, 0.05) is 24.9 Å². The highest BCUT2D eigenvalue weighted by molar-refractivity contribution is 5.78. The van der Waals surface area contributed by atoms with Gasteiger partial charge in [0.05, 0.1) is 0 Å². The summed E-state index contributed by atoms with van der Waals surface area (Å²) in [6.45, 7) is 0.310. The van der Waals surface area contributed by atoms with Crippen LogP contribution in [0.3, 0.4) is 0 Å². The molecule has 5 heteroatoms. The average molecular weight is 227 g/mol. The molecule has 0 unspecified atom stereocenters. The first kappa shape index (κ1) is 13.0. The Morgan fingerprint density at radius 1 is 1.19 bits per heavy atom. The molecule has 1 rings (SSSR count). The number of carbonyl (C=O) groups excluding carboxylic acids is 2. The molecular weight excluding hydrogens is 206 g/mol. The number of primary amides is 1. The van der Waals surface area contributed by atoms with E-state index >= 15 is 0 Å². The van der Waals surface area contributed by atoms with Gasteiger partial charge in [-0.1, -0.05) is 19.3 Å². The Labute approximate surface area is 95.9 Å². The maximum atomic E-state index is 11.6. The smallest absolute Gasteiger partial charge is 0.221 e. The molecule has 5 nitrogen and oxygen atoms in total. The van der Waals surface area contributed by atoms with Crippen molar-refractivity contribution in [3.8, 4) is 0 Å². The molecule has 1 aliphatic carbocycles. The fraction of sp³-hybridized carbons (Fsp3) is 0.818. The van der Waals surface area contributed by atoms with Crippen LogP contribution in [-0.4, -0.2) is 23.9 Å². The summed E-state index contributed by atoms with van der Waals surface area (Å²) in [7, 11) is 0. The zero-order valence-corrected chi connectivity index (χ0v) is 9.63. The summed E-state index contributed by atoms with van der Waals surface area (Å²) in [4.78, 5) is 22.0. The minimum atomic E-state index is -0.402. The summed E-state index contributed by atoms with van der Waals surface area (Å²) in [5, 5.41) is 2.67. The van der Waals surface area contributed by atoms with E-state index in [4.69, 9.17) is 11.5 Å². The van der Waals surface area contributed by atoms with Crippen LogP contribution in [0.1, 0.15) is 44.9 Å². The highest BCUT2D eigenvalue weighted by atomic mass is 16.2. The lowest BCUT2D eigenvalue weighted by Gasteiger charge is -2.32. The summed E-state index contributed by atoms with van der Waals surface area (Å²) in [6, 6.07) is 0. The Morgan fingerprint density at radius 3 is 2.38 bits per heavy atom. The van der Waals surface area contributed by atoms with Gasteiger partial charge in [-0.15, -0.1) is 0 Å². The topological polar surface area (TPSA) is 98.2 Å². The van der Waals surface area contributed by atoms with Crippen LogP contribution in [0.4, 0.5) is 0 Å². The number of rotatable bonds is 5. The van der Waals surface area contributed by atoms with Crippen LogP contribution in [-0.2, 0) is 9.59 Å². The molecule has 0 heterocycles. The van der Waals surface area contributed by atoms with Crippen molar-refractivity contribution in [2.45, 2.75) is 50.5 Å². The van der Waals surface area contributed by atoms with Crippen LogP contribution >= 0.6 is 0 Å². The molecule has 0 bridgehead atoms. The van der Waals surface area contributed by atoms with Crippen LogP contribution in [0.25, 0.3) is 0 Å². The second-order valence-electron chi connectivity index (χ2n) is 4.67. The van der Waals surface area contributed by atoms with Crippen molar-refractivity contribution in [2.75, 3.05) is 6.54 Å².